The maximum absolute atomic E-state index is 11.6. The van der Waals surface area contributed by atoms with Crippen molar-refractivity contribution in [2.45, 2.75) is 38.5 Å². The zero-order valence-electron chi connectivity index (χ0n) is 10.2. The van der Waals surface area contributed by atoms with Crippen molar-refractivity contribution in [2.24, 2.45) is 5.73 Å². The molecule has 0 radical (unpaired) electrons. The van der Waals surface area contributed by atoms with Crippen molar-refractivity contribution in [1.29, 1.82) is 0 Å². The van der Waals surface area contributed by atoms with Crippen LogP contribution in [-0.4, -0.2) is 38.1 Å². The van der Waals surface area contributed by atoms with Gasteiger partial charge in [-0.25, -0.2) is 0 Å². The standard InChI is InChI=1S/C11H20N2O2Si/c1-8-6-10(14)13(11(8)15)5-4-9(12)7-16(2)3/h6,9,16H,4-5,7,12H2,1-3H3. The molecule has 0 bridgehead atoms. The summed E-state index contributed by atoms with van der Waals surface area (Å²) < 4.78 is 0. The summed E-state index contributed by atoms with van der Waals surface area (Å²) in [7, 11) is -0.664. The molecule has 0 aromatic heterocycles. The maximum Gasteiger partial charge on any atom is 0.256 e. The third-order valence-corrected chi connectivity index (χ3v) is 4.23. The van der Waals surface area contributed by atoms with Gasteiger partial charge in [0.15, 0.2) is 0 Å². The van der Waals surface area contributed by atoms with Gasteiger partial charge in [-0.05, 0) is 19.4 Å². The van der Waals surface area contributed by atoms with E-state index in [1.165, 1.54) is 11.0 Å². The van der Waals surface area contributed by atoms with Gasteiger partial charge in [0.1, 0.15) is 0 Å². The van der Waals surface area contributed by atoms with Crippen molar-refractivity contribution in [2.75, 3.05) is 6.54 Å². The number of imide groups is 1. The van der Waals surface area contributed by atoms with Crippen LogP contribution in [0.2, 0.25) is 19.1 Å². The number of nitrogens with two attached hydrogens (primary N) is 1. The van der Waals surface area contributed by atoms with Gasteiger partial charge in [-0.3, -0.25) is 14.5 Å². The first kappa shape index (κ1) is 13.1. The van der Waals surface area contributed by atoms with Gasteiger partial charge in [0.05, 0.1) is 0 Å². The van der Waals surface area contributed by atoms with Crippen molar-refractivity contribution in [3.8, 4) is 0 Å². The van der Waals surface area contributed by atoms with Gasteiger partial charge >= 0.3 is 0 Å². The molecule has 1 unspecified atom stereocenters. The molecular weight excluding hydrogens is 220 g/mol. The van der Waals surface area contributed by atoms with Crippen molar-refractivity contribution in [1.82, 2.24) is 4.90 Å². The van der Waals surface area contributed by atoms with Crippen LogP contribution in [0.3, 0.4) is 0 Å². The number of amides is 2. The van der Waals surface area contributed by atoms with Crippen molar-refractivity contribution < 1.29 is 9.59 Å². The van der Waals surface area contributed by atoms with Crippen molar-refractivity contribution >= 4 is 20.6 Å². The third-order valence-electron chi connectivity index (χ3n) is 2.69. The first-order valence-corrected chi connectivity index (χ1v) is 8.84. The smallest absolute Gasteiger partial charge is 0.256 e. The lowest BCUT2D eigenvalue weighted by atomic mass is 10.2. The van der Waals surface area contributed by atoms with E-state index in [2.05, 4.69) is 13.1 Å². The second-order valence-corrected chi connectivity index (χ2v) is 8.06. The highest BCUT2D eigenvalue weighted by Crippen LogP contribution is 2.13. The number of hydrogen-bond donors (Lipinski definition) is 1. The highest BCUT2D eigenvalue weighted by atomic mass is 28.3. The summed E-state index contributed by atoms with van der Waals surface area (Å²) in [5.74, 6) is -0.365. The fourth-order valence-electron chi connectivity index (χ4n) is 1.87. The molecule has 1 aliphatic heterocycles. The Hall–Kier alpha value is -0.943. The summed E-state index contributed by atoms with van der Waals surface area (Å²) in [6.45, 7) is 6.62. The minimum Gasteiger partial charge on any atom is -0.328 e. The second kappa shape index (κ2) is 5.40. The summed E-state index contributed by atoms with van der Waals surface area (Å²) in [5.41, 5.74) is 6.47. The first-order valence-electron chi connectivity index (χ1n) is 5.71. The van der Waals surface area contributed by atoms with Gasteiger partial charge in [-0.1, -0.05) is 13.1 Å². The van der Waals surface area contributed by atoms with E-state index in [1.54, 1.807) is 6.92 Å². The molecule has 4 nitrogen and oxygen atoms in total. The van der Waals surface area contributed by atoms with Crippen LogP contribution in [0, 0.1) is 0 Å². The topological polar surface area (TPSA) is 63.4 Å². The Morgan fingerprint density at radius 2 is 2.06 bits per heavy atom. The molecule has 0 aromatic carbocycles. The Balaban J connectivity index is 2.40. The Labute approximate surface area is 98.1 Å². The second-order valence-electron chi connectivity index (χ2n) is 4.80. The molecule has 0 fully saturated rings. The lowest BCUT2D eigenvalue weighted by molar-refractivity contribution is -0.137. The highest BCUT2D eigenvalue weighted by Gasteiger charge is 2.28. The molecule has 0 spiro atoms. The van der Waals surface area contributed by atoms with Gasteiger partial charge in [0.2, 0.25) is 0 Å². The van der Waals surface area contributed by atoms with Crippen molar-refractivity contribution in [3.63, 3.8) is 0 Å². The fraction of sp³-hybridized carbons (Fsp3) is 0.636. The number of hydrogen-bond acceptors (Lipinski definition) is 3. The van der Waals surface area contributed by atoms with Crippen LogP contribution in [0.25, 0.3) is 0 Å². The minimum atomic E-state index is -0.664. The Kier molecular flexibility index (Phi) is 4.43. The van der Waals surface area contributed by atoms with E-state index in [9.17, 15) is 9.59 Å². The van der Waals surface area contributed by atoms with Crippen LogP contribution in [0.15, 0.2) is 11.6 Å². The predicted molar refractivity (Wildman–Crippen MR) is 66.8 cm³/mol. The van der Waals surface area contributed by atoms with E-state index < -0.39 is 8.80 Å². The van der Waals surface area contributed by atoms with Crippen LogP contribution in [0.5, 0.6) is 0 Å². The number of rotatable bonds is 5. The average Bonchev–Trinajstić information content (AvgIpc) is 2.38. The van der Waals surface area contributed by atoms with E-state index in [4.69, 9.17) is 5.73 Å². The molecule has 2 amide bonds. The lowest BCUT2D eigenvalue weighted by Gasteiger charge is -2.18. The molecule has 90 valence electrons. The first-order chi connectivity index (χ1) is 7.41. The largest absolute Gasteiger partial charge is 0.328 e. The summed E-state index contributed by atoms with van der Waals surface area (Å²) in [6.07, 6.45) is 2.11. The molecule has 1 atom stereocenters. The van der Waals surface area contributed by atoms with E-state index in [1.807, 2.05) is 0 Å². The zero-order chi connectivity index (χ0) is 12.3. The van der Waals surface area contributed by atoms with E-state index >= 15 is 0 Å². The SMILES string of the molecule is CC1=CC(=O)N(CCC(N)C[SiH](C)C)C1=O. The molecule has 0 aliphatic carbocycles. The summed E-state index contributed by atoms with van der Waals surface area (Å²) in [6, 6.07) is 1.18. The minimum absolute atomic E-state index is 0.119. The van der Waals surface area contributed by atoms with Gasteiger partial charge in [0.25, 0.3) is 11.8 Å². The highest BCUT2D eigenvalue weighted by molar-refractivity contribution is 6.55. The van der Waals surface area contributed by atoms with Crippen LogP contribution < -0.4 is 5.73 Å². The van der Waals surface area contributed by atoms with E-state index in [-0.39, 0.29) is 17.9 Å². The number of nitrogens with zero attached hydrogens (tertiary/aromatic N) is 1. The molecule has 5 heteroatoms. The summed E-state index contributed by atoms with van der Waals surface area (Å²) in [5, 5.41) is 0. The van der Waals surface area contributed by atoms with Crippen LogP contribution in [-0.2, 0) is 9.59 Å². The van der Waals surface area contributed by atoms with E-state index in [0.29, 0.717) is 18.5 Å². The number of carbonyl (C=O) groups excluding carboxylic acids is 2. The van der Waals surface area contributed by atoms with E-state index in [0.717, 1.165) is 6.04 Å². The van der Waals surface area contributed by atoms with Crippen LogP contribution >= 0.6 is 0 Å². The predicted octanol–water partition coefficient (Wildman–Crippen LogP) is 0.506. The molecule has 1 rings (SSSR count). The molecule has 16 heavy (non-hydrogen) atoms. The molecule has 1 heterocycles. The quantitative estimate of drug-likeness (QED) is 0.562. The molecular formula is C11H20N2O2Si. The van der Waals surface area contributed by atoms with Crippen LogP contribution in [0.4, 0.5) is 0 Å². The molecule has 0 aromatic rings. The number of carbonyl (C=O) groups is 2. The van der Waals surface area contributed by atoms with Gasteiger partial charge in [0, 0.05) is 33.0 Å². The molecule has 2 N–H and O–H groups in total. The van der Waals surface area contributed by atoms with Crippen molar-refractivity contribution in [3.05, 3.63) is 11.6 Å². The van der Waals surface area contributed by atoms with Crippen LogP contribution in [0.1, 0.15) is 13.3 Å². The molecule has 1 aliphatic rings. The monoisotopic (exact) mass is 240 g/mol. The average molecular weight is 240 g/mol. The lowest BCUT2D eigenvalue weighted by Crippen LogP contribution is -2.36. The van der Waals surface area contributed by atoms with Gasteiger partial charge < -0.3 is 5.73 Å². The van der Waals surface area contributed by atoms with Gasteiger partial charge in [-0.15, -0.1) is 0 Å². The summed E-state index contributed by atoms with van der Waals surface area (Å²) in [4.78, 5) is 24.3. The Morgan fingerprint density at radius 1 is 1.44 bits per heavy atom. The summed E-state index contributed by atoms with van der Waals surface area (Å²) >= 11 is 0. The fourth-order valence-corrected chi connectivity index (χ4v) is 3.31. The Bertz CT molecular complexity index is 326. The molecule has 0 saturated carbocycles. The molecule has 0 saturated heterocycles. The van der Waals surface area contributed by atoms with Gasteiger partial charge in [-0.2, -0.15) is 0 Å². The zero-order valence-corrected chi connectivity index (χ0v) is 11.3. The third kappa shape index (κ3) is 3.28. The Morgan fingerprint density at radius 3 is 2.50 bits per heavy atom. The maximum atomic E-state index is 11.6. The normalized spacial score (nSPS) is 18.3.